The molecule has 2 atom stereocenters. The van der Waals surface area contributed by atoms with Crippen molar-refractivity contribution in [1.82, 2.24) is 4.90 Å². The summed E-state index contributed by atoms with van der Waals surface area (Å²) in [6, 6.07) is 6.95. The molecule has 0 spiro atoms. The van der Waals surface area contributed by atoms with Crippen LogP contribution in [0.25, 0.3) is 0 Å². The van der Waals surface area contributed by atoms with Crippen molar-refractivity contribution >= 4 is 23.3 Å². The van der Waals surface area contributed by atoms with Gasteiger partial charge in [0.15, 0.2) is 0 Å². The minimum Gasteiger partial charge on any atom is -0.465 e. The van der Waals surface area contributed by atoms with Crippen molar-refractivity contribution in [3.63, 3.8) is 0 Å². The van der Waals surface area contributed by atoms with E-state index in [2.05, 4.69) is 17.3 Å². The Balaban J connectivity index is 1.79. The minimum atomic E-state index is -0.329. The second-order valence-corrected chi connectivity index (χ2v) is 6.48. The molecule has 4 nitrogen and oxygen atoms in total. The van der Waals surface area contributed by atoms with E-state index in [-0.39, 0.29) is 5.97 Å². The lowest BCUT2D eigenvalue weighted by Crippen LogP contribution is -2.44. The van der Waals surface area contributed by atoms with Gasteiger partial charge in [0, 0.05) is 23.1 Å². The summed E-state index contributed by atoms with van der Waals surface area (Å²) >= 11 is 6.07. The number of carbonyl (C=O) groups excluding carboxylic acids is 1. The Hall–Kier alpha value is -1.26. The van der Waals surface area contributed by atoms with Crippen LogP contribution in [0.2, 0.25) is 5.02 Å². The van der Waals surface area contributed by atoms with Crippen LogP contribution in [0.3, 0.4) is 0 Å². The number of piperidine rings is 1. The number of rotatable bonds is 3. The molecule has 2 aliphatic rings. The molecule has 5 heteroatoms. The van der Waals surface area contributed by atoms with Gasteiger partial charge in [-0.3, -0.25) is 0 Å². The molecule has 0 radical (unpaired) electrons. The number of nitrogens with zero attached hydrogens (tertiary/aromatic N) is 1. The number of halogens is 1. The standard InChI is InChI=1S/C16H21ClN2O2/c1-19-12-4-5-13(19)9-11(8-12)18-15-7-10(17)3-6-14(15)16(20)21-2/h3,6-7,11-13,18H,4-5,8-9H2,1-2H3. The van der Waals surface area contributed by atoms with Gasteiger partial charge in [-0.15, -0.1) is 0 Å². The lowest BCUT2D eigenvalue weighted by Gasteiger charge is -2.37. The van der Waals surface area contributed by atoms with Gasteiger partial charge in [-0.05, 0) is 50.9 Å². The number of ether oxygens (including phenoxy) is 1. The van der Waals surface area contributed by atoms with Crippen LogP contribution in [0.5, 0.6) is 0 Å². The molecule has 1 aromatic rings. The summed E-state index contributed by atoms with van der Waals surface area (Å²) in [7, 11) is 3.62. The quantitative estimate of drug-likeness (QED) is 0.871. The van der Waals surface area contributed by atoms with Gasteiger partial charge in [0.1, 0.15) is 0 Å². The number of benzene rings is 1. The van der Waals surface area contributed by atoms with Crippen molar-refractivity contribution in [2.75, 3.05) is 19.5 Å². The van der Waals surface area contributed by atoms with E-state index in [1.165, 1.54) is 20.0 Å². The highest BCUT2D eigenvalue weighted by molar-refractivity contribution is 6.31. The van der Waals surface area contributed by atoms with Crippen molar-refractivity contribution in [2.24, 2.45) is 0 Å². The van der Waals surface area contributed by atoms with Crippen LogP contribution < -0.4 is 5.32 Å². The molecule has 21 heavy (non-hydrogen) atoms. The van der Waals surface area contributed by atoms with E-state index in [4.69, 9.17) is 16.3 Å². The van der Waals surface area contributed by atoms with Crippen LogP contribution in [0.1, 0.15) is 36.0 Å². The largest absolute Gasteiger partial charge is 0.465 e. The highest BCUT2D eigenvalue weighted by atomic mass is 35.5. The zero-order chi connectivity index (χ0) is 15.0. The molecular formula is C16H21ClN2O2. The molecule has 3 rings (SSSR count). The van der Waals surface area contributed by atoms with Gasteiger partial charge >= 0.3 is 5.97 Å². The molecule has 2 aliphatic heterocycles. The topological polar surface area (TPSA) is 41.6 Å². The third-order valence-electron chi connectivity index (χ3n) is 4.84. The van der Waals surface area contributed by atoms with Crippen molar-refractivity contribution in [3.8, 4) is 0 Å². The van der Waals surface area contributed by atoms with E-state index in [1.54, 1.807) is 12.1 Å². The van der Waals surface area contributed by atoms with E-state index >= 15 is 0 Å². The first-order chi connectivity index (χ1) is 10.1. The average molecular weight is 309 g/mol. The van der Waals surface area contributed by atoms with Gasteiger partial charge in [-0.1, -0.05) is 11.6 Å². The smallest absolute Gasteiger partial charge is 0.339 e. The minimum absolute atomic E-state index is 0.329. The van der Waals surface area contributed by atoms with Crippen molar-refractivity contribution in [2.45, 2.75) is 43.8 Å². The van der Waals surface area contributed by atoms with Crippen LogP contribution in [-0.4, -0.2) is 43.2 Å². The van der Waals surface area contributed by atoms with Gasteiger partial charge in [0.05, 0.1) is 18.4 Å². The number of nitrogens with one attached hydrogen (secondary N) is 1. The Kier molecular flexibility index (Phi) is 4.09. The monoisotopic (exact) mass is 308 g/mol. The molecule has 114 valence electrons. The molecule has 0 aromatic heterocycles. The van der Waals surface area contributed by atoms with E-state index in [0.717, 1.165) is 18.5 Å². The van der Waals surface area contributed by atoms with Gasteiger partial charge in [-0.25, -0.2) is 4.79 Å². The first kappa shape index (κ1) is 14.7. The van der Waals surface area contributed by atoms with Crippen molar-refractivity contribution in [3.05, 3.63) is 28.8 Å². The highest BCUT2D eigenvalue weighted by Gasteiger charge is 2.38. The van der Waals surface area contributed by atoms with Crippen molar-refractivity contribution < 1.29 is 9.53 Å². The molecule has 1 aromatic carbocycles. The van der Waals surface area contributed by atoms with Crippen LogP contribution >= 0.6 is 11.6 Å². The van der Waals surface area contributed by atoms with Gasteiger partial charge < -0.3 is 15.0 Å². The summed E-state index contributed by atoms with van der Waals surface area (Å²) in [5.74, 6) is -0.329. The Morgan fingerprint density at radius 3 is 2.62 bits per heavy atom. The maximum absolute atomic E-state index is 11.9. The van der Waals surface area contributed by atoms with E-state index < -0.39 is 0 Å². The lowest BCUT2D eigenvalue weighted by molar-refractivity contribution is 0.0601. The molecule has 0 saturated carbocycles. The SMILES string of the molecule is COC(=O)c1ccc(Cl)cc1NC1CC2CCC(C1)N2C. The average Bonchev–Trinajstić information content (AvgIpc) is 2.69. The van der Waals surface area contributed by atoms with Crippen LogP contribution in [0.15, 0.2) is 18.2 Å². The predicted molar refractivity (Wildman–Crippen MR) is 84.0 cm³/mol. The molecule has 2 saturated heterocycles. The summed E-state index contributed by atoms with van der Waals surface area (Å²) < 4.78 is 4.85. The number of anilines is 1. The first-order valence-corrected chi connectivity index (χ1v) is 7.82. The number of methoxy groups -OCH3 is 1. The second kappa shape index (κ2) is 5.85. The summed E-state index contributed by atoms with van der Waals surface area (Å²) in [5.41, 5.74) is 1.33. The molecule has 0 aliphatic carbocycles. The Labute approximate surface area is 130 Å². The molecular weight excluding hydrogens is 288 g/mol. The molecule has 2 bridgehead atoms. The number of hydrogen-bond acceptors (Lipinski definition) is 4. The van der Waals surface area contributed by atoms with Crippen molar-refractivity contribution in [1.29, 1.82) is 0 Å². The molecule has 0 amide bonds. The fraction of sp³-hybridized carbons (Fsp3) is 0.562. The Morgan fingerprint density at radius 2 is 2.00 bits per heavy atom. The van der Waals surface area contributed by atoms with E-state index in [0.29, 0.717) is 28.7 Å². The van der Waals surface area contributed by atoms with Gasteiger partial charge in [-0.2, -0.15) is 0 Å². The zero-order valence-electron chi connectivity index (χ0n) is 12.4. The van der Waals surface area contributed by atoms with Crippen LogP contribution in [0, 0.1) is 0 Å². The maximum Gasteiger partial charge on any atom is 0.339 e. The third kappa shape index (κ3) is 2.87. The molecule has 2 fully saturated rings. The van der Waals surface area contributed by atoms with Gasteiger partial charge in [0.25, 0.3) is 0 Å². The van der Waals surface area contributed by atoms with E-state index in [9.17, 15) is 4.79 Å². The fourth-order valence-corrected chi connectivity index (χ4v) is 3.85. The Bertz CT molecular complexity index is 535. The lowest BCUT2D eigenvalue weighted by atomic mass is 9.97. The summed E-state index contributed by atoms with van der Waals surface area (Å²) in [6.07, 6.45) is 4.78. The number of hydrogen-bond donors (Lipinski definition) is 1. The zero-order valence-corrected chi connectivity index (χ0v) is 13.2. The summed E-state index contributed by atoms with van der Waals surface area (Å²) in [5, 5.41) is 4.14. The molecule has 2 heterocycles. The van der Waals surface area contributed by atoms with Crippen LogP contribution in [-0.2, 0) is 4.74 Å². The van der Waals surface area contributed by atoms with Gasteiger partial charge in [0.2, 0.25) is 0 Å². The summed E-state index contributed by atoms with van der Waals surface area (Å²) in [6.45, 7) is 0. The molecule has 2 unspecified atom stereocenters. The highest BCUT2D eigenvalue weighted by Crippen LogP contribution is 2.36. The number of fused-ring (bicyclic) bond motifs is 2. The maximum atomic E-state index is 11.9. The summed E-state index contributed by atoms with van der Waals surface area (Å²) in [4.78, 5) is 14.4. The second-order valence-electron chi connectivity index (χ2n) is 6.04. The molecule has 1 N–H and O–H groups in total. The number of carbonyl (C=O) groups is 1. The predicted octanol–water partition coefficient (Wildman–Crippen LogP) is 3.16. The normalized spacial score (nSPS) is 28.4. The first-order valence-electron chi connectivity index (χ1n) is 7.45. The number of esters is 1. The van der Waals surface area contributed by atoms with E-state index in [1.807, 2.05) is 6.07 Å². The Morgan fingerprint density at radius 1 is 1.33 bits per heavy atom. The third-order valence-corrected chi connectivity index (χ3v) is 5.08. The fourth-order valence-electron chi connectivity index (χ4n) is 3.67. The van der Waals surface area contributed by atoms with Crippen LogP contribution in [0.4, 0.5) is 5.69 Å².